The van der Waals surface area contributed by atoms with Crippen LogP contribution < -0.4 is 14.8 Å². The summed E-state index contributed by atoms with van der Waals surface area (Å²) >= 11 is 0. The van der Waals surface area contributed by atoms with E-state index in [1.54, 1.807) is 37.2 Å². The van der Waals surface area contributed by atoms with Crippen LogP contribution in [0, 0.1) is 0 Å². The molecule has 20 heavy (non-hydrogen) atoms. The molecule has 0 saturated heterocycles. The van der Waals surface area contributed by atoms with E-state index in [2.05, 4.69) is 10.4 Å². The van der Waals surface area contributed by atoms with Crippen LogP contribution in [-0.4, -0.2) is 29.4 Å². The number of anilines is 1. The molecule has 1 aromatic carbocycles. The van der Waals surface area contributed by atoms with Crippen molar-refractivity contribution in [3.8, 4) is 11.5 Å². The van der Waals surface area contributed by atoms with Crippen molar-refractivity contribution in [3.05, 3.63) is 36.5 Å². The molecule has 0 atom stereocenters. The van der Waals surface area contributed by atoms with E-state index >= 15 is 0 Å². The van der Waals surface area contributed by atoms with Crippen molar-refractivity contribution in [2.45, 2.75) is 6.42 Å². The molecular weight excluding hydrogens is 258 g/mol. The molecule has 2 rings (SSSR count). The molecular formula is C14H17N3O3. The number of hydrogen-bond acceptors (Lipinski definition) is 4. The van der Waals surface area contributed by atoms with Crippen LogP contribution >= 0.6 is 0 Å². The number of aromatic nitrogens is 2. The highest BCUT2D eigenvalue weighted by molar-refractivity contribution is 5.89. The average molecular weight is 275 g/mol. The van der Waals surface area contributed by atoms with E-state index in [0.717, 1.165) is 0 Å². The third-order valence-electron chi connectivity index (χ3n) is 2.64. The first kappa shape index (κ1) is 13.9. The topological polar surface area (TPSA) is 65.4 Å². The molecule has 1 heterocycles. The van der Waals surface area contributed by atoms with E-state index in [9.17, 15) is 4.79 Å². The number of hydrogen-bond donors (Lipinski definition) is 1. The van der Waals surface area contributed by atoms with Gasteiger partial charge in [0.25, 0.3) is 0 Å². The summed E-state index contributed by atoms with van der Waals surface area (Å²) in [6, 6.07) is 9.06. The number of nitrogens with zero attached hydrogens (tertiary/aromatic N) is 2. The van der Waals surface area contributed by atoms with Gasteiger partial charge < -0.3 is 14.8 Å². The number of carbonyl (C=O) groups is 1. The minimum atomic E-state index is -0.140. The van der Waals surface area contributed by atoms with Crippen LogP contribution in [0.15, 0.2) is 36.5 Å². The van der Waals surface area contributed by atoms with Gasteiger partial charge in [0.1, 0.15) is 0 Å². The number of nitrogens with one attached hydrogen (secondary N) is 1. The number of rotatable bonds is 6. The monoisotopic (exact) mass is 275 g/mol. The average Bonchev–Trinajstić information content (AvgIpc) is 2.84. The van der Waals surface area contributed by atoms with Crippen molar-refractivity contribution in [1.82, 2.24) is 9.78 Å². The van der Waals surface area contributed by atoms with Crippen molar-refractivity contribution in [1.29, 1.82) is 0 Å². The quantitative estimate of drug-likeness (QED) is 0.873. The summed E-state index contributed by atoms with van der Waals surface area (Å²) in [5.74, 6) is 1.67. The fraction of sp³-hybridized carbons (Fsp3) is 0.286. The molecule has 6 heteroatoms. The first-order chi connectivity index (χ1) is 9.69. The zero-order valence-electron chi connectivity index (χ0n) is 11.5. The second kappa shape index (κ2) is 6.60. The zero-order valence-corrected chi connectivity index (χ0v) is 11.5. The van der Waals surface area contributed by atoms with Gasteiger partial charge in [-0.15, -0.1) is 0 Å². The fourth-order valence-corrected chi connectivity index (χ4v) is 1.68. The number of methoxy groups -OCH3 is 1. The van der Waals surface area contributed by atoms with E-state index < -0.39 is 0 Å². The van der Waals surface area contributed by atoms with Crippen LogP contribution in [0.5, 0.6) is 11.5 Å². The SMILES string of the molecule is COc1ccccc1OCCC(=O)Nc1ccn(C)n1. The molecule has 0 fully saturated rings. The highest BCUT2D eigenvalue weighted by Gasteiger charge is 2.06. The largest absolute Gasteiger partial charge is 0.493 e. The van der Waals surface area contributed by atoms with Crippen LogP contribution in [0.3, 0.4) is 0 Å². The Balaban J connectivity index is 1.79. The first-order valence-corrected chi connectivity index (χ1v) is 6.24. The van der Waals surface area contributed by atoms with Gasteiger partial charge in [0.2, 0.25) is 5.91 Å². The van der Waals surface area contributed by atoms with Crippen LogP contribution in [0.4, 0.5) is 5.82 Å². The zero-order chi connectivity index (χ0) is 14.4. The van der Waals surface area contributed by atoms with Gasteiger partial charge in [-0.1, -0.05) is 12.1 Å². The summed E-state index contributed by atoms with van der Waals surface area (Å²) in [5.41, 5.74) is 0. The maximum Gasteiger partial charge on any atom is 0.229 e. The van der Waals surface area contributed by atoms with Gasteiger partial charge in [-0.3, -0.25) is 9.48 Å². The lowest BCUT2D eigenvalue weighted by atomic mass is 10.3. The molecule has 106 valence electrons. The molecule has 2 aromatic rings. The van der Waals surface area contributed by atoms with Crippen LogP contribution in [-0.2, 0) is 11.8 Å². The van der Waals surface area contributed by atoms with Crippen molar-refractivity contribution < 1.29 is 14.3 Å². The minimum Gasteiger partial charge on any atom is -0.493 e. The molecule has 0 aliphatic carbocycles. The lowest BCUT2D eigenvalue weighted by Crippen LogP contribution is -2.15. The second-order valence-electron chi connectivity index (χ2n) is 4.17. The van der Waals surface area contributed by atoms with Crippen molar-refractivity contribution in [2.24, 2.45) is 7.05 Å². The molecule has 1 N–H and O–H groups in total. The summed E-state index contributed by atoms with van der Waals surface area (Å²) in [4.78, 5) is 11.7. The lowest BCUT2D eigenvalue weighted by Gasteiger charge is -2.09. The van der Waals surface area contributed by atoms with Gasteiger partial charge in [0.05, 0.1) is 20.1 Å². The van der Waals surface area contributed by atoms with Gasteiger partial charge in [0.15, 0.2) is 17.3 Å². The lowest BCUT2D eigenvalue weighted by molar-refractivity contribution is -0.116. The summed E-state index contributed by atoms with van der Waals surface area (Å²) in [6.07, 6.45) is 2.01. The smallest absolute Gasteiger partial charge is 0.229 e. The summed E-state index contributed by atoms with van der Waals surface area (Å²) in [7, 11) is 3.37. The Hall–Kier alpha value is -2.50. The third-order valence-corrected chi connectivity index (χ3v) is 2.64. The molecule has 1 aromatic heterocycles. The van der Waals surface area contributed by atoms with Crippen molar-refractivity contribution in [3.63, 3.8) is 0 Å². The Labute approximate surface area is 117 Å². The standard InChI is InChI=1S/C14H17N3O3/c1-17-9-7-13(16-17)15-14(18)8-10-20-12-6-4-3-5-11(12)19-2/h3-7,9H,8,10H2,1-2H3,(H,15,16,18). The molecule has 0 bridgehead atoms. The predicted molar refractivity (Wildman–Crippen MR) is 74.9 cm³/mol. The molecule has 0 aliphatic heterocycles. The van der Waals surface area contributed by atoms with Crippen molar-refractivity contribution in [2.75, 3.05) is 19.0 Å². The van der Waals surface area contributed by atoms with Gasteiger partial charge in [-0.25, -0.2) is 0 Å². The van der Waals surface area contributed by atoms with Gasteiger partial charge in [0, 0.05) is 19.3 Å². The Bertz CT molecular complexity index is 581. The fourth-order valence-electron chi connectivity index (χ4n) is 1.68. The van der Waals surface area contributed by atoms with E-state index in [0.29, 0.717) is 17.3 Å². The van der Waals surface area contributed by atoms with Crippen LogP contribution in [0.2, 0.25) is 0 Å². The number of para-hydroxylation sites is 2. The Morgan fingerprint density at radius 1 is 1.30 bits per heavy atom. The van der Waals surface area contributed by atoms with Gasteiger partial charge in [-0.05, 0) is 12.1 Å². The van der Waals surface area contributed by atoms with E-state index in [4.69, 9.17) is 9.47 Å². The molecule has 0 saturated carbocycles. The van der Waals surface area contributed by atoms with Gasteiger partial charge >= 0.3 is 0 Å². The Morgan fingerprint density at radius 2 is 2.05 bits per heavy atom. The maximum atomic E-state index is 11.7. The minimum absolute atomic E-state index is 0.140. The maximum absolute atomic E-state index is 11.7. The van der Waals surface area contributed by atoms with Crippen LogP contribution in [0.1, 0.15) is 6.42 Å². The Kier molecular flexibility index (Phi) is 4.60. The first-order valence-electron chi connectivity index (χ1n) is 6.24. The molecule has 0 aliphatic rings. The second-order valence-corrected chi connectivity index (χ2v) is 4.17. The number of carbonyl (C=O) groups excluding carboxylic acids is 1. The number of benzene rings is 1. The van der Waals surface area contributed by atoms with Gasteiger partial charge in [-0.2, -0.15) is 5.10 Å². The molecule has 1 amide bonds. The molecule has 0 radical (unpaired) electrons. The number of amides is 1. The molecule has 6 nitrogen and oxygen atoms in total. The van der Waals surface area contributed by atoms with E-state index in [-0.39, 0.29) is 18.9 Å². The summed E-state index contributed by atoms with van der Waals surface area (Å²) in [6.45, 7) is 0.277. The van der Waals surface area contributed by atoms with E-state index in [1.165, 1.54) is 0 Å². The number of aryl methyl sites for hydroxylation is 1. The summed E-state index contributed by atoms with van der Waals surface area (Å²) in [5, 5.41) is 6.76. The van der Waals surface area contributed by atoms with E-state index in [1.807, 2.05) is 18.2 Å². The predicted octanol–water partition coefficient (Wildman–Crippen LogP) is 1.84. The molecule has 0 spiro atoms. The Morgan fingerprint density at radius 3 is 2.70 bits per heavy atom. The highest BCUT2D eigenvalue weighted by Crippen LogP contribution is 2.25. The normalized spacial score (nSPS) is 10.1. The number of ether oxygens (including phenoxy) is 2. The third kappa shape index (κ3) is 3.74. The molecule has 0 unspecified atom stereocenters. The highest BCUT2D eigenvalue weighted by atomic mass is 16.5. The van der Waals surface area contributed by atoms with Crippen molar-refractivity contribution >= 4 is 11.7 Å². The summed E-state index contributed by atoms with van der Waals surface area (Å²) < 4.78 is 12.3. The van der Waals surface area contributed by atoms with Crippen LogP contribution in [0.25, 0.3) is 0 Å².